The molecule has 5 nitrogen and oxygen atoms in total. The van der Waals surface area contributed by atoms with Crippen molar-refractivity contribution in [3.05, 3.63) is 22.2 Å². The maximum atomic E-state index is 12.1. The fourth-order valence-electron chi connectivity index (χ4n) is 2.21. The molecule has 1 aromatic rings. The Labute approximate surface area is 130 Å². The first-order valence-electron chi connectivity index (χ1n) is 6.85. The van der Waals surface area contributed by atoms with Crippen LogP contribution in [0.5, 0.6) is 11.5 Å². The van der Waals surface area contributed by atoms with E-state index in [1.54, 1.807) is 19.1 Å². The van der Waals surface area contributed by atoms with Crippen molar-refractivity contribution in [2.24, 2.45) is 5.41 Å². The van der Waals surface area contributed by atoms with Crippen LogP contribution < -0.4 is 9.47 Å². The molecule has 0 radical (unpaired) electrons. The van der Waals surface area contributed by atoms with Gasteiger partial charge in [0.1, 0.15) is 0 Å². The van der Waals surface area contributed by atoms with Crippen LogP contribution in [0.4, 0.5) is 0 Å². The average molecular weight is 355 g/mol. The molecular weight excluding hydrogens is 340 g/mol. The van der Waals surface area contributed by atoms with E-state index in [0.717, 1.165) is 12.8 Å². The second-order valence-electron chi connectivity index (χ2n) is 5.41. The SMILES string of the molecule is CCOC(=O)C(=O)c1cc2c(cc1Br)OCC1(CC1)CO2. The van der Waals surface area contributed by atoms with Crippen LogP contribution in [0.15, 0.2) is 16.6 Å². The van der Waals surface area contributed by atoms with Crippen molar-refractivity contribution >= 4 is 27.7 Å². The largest absolute Gasteiger partial charge is 0.489 e. The number of ketones is 1. The van der Waals surface area contributed by atoms with Crippen LogP contribution >= 0.6 is 15.9 Å². The van der Waals surface area contributed by atoms with Gasteiger partial charge in [-0.3, -0.25) is 4.79 Å². The number of esters is 1. The number of ether oxygens (including phenoxy) is 3. The summed E-state index contributed by atoms with van der Waals surface area (Å²) in [5.74, 6) is -0.479. The highest BCUT2D eigenvalue weighted by Crippen LogP contribution is 2.49. The number of benzene rings is 1. The van der Waals surface area contributed by atoms with E-state index in [4.69, 9.17) is 14.2 Å². The Hall–Kier alpha value is -1.56. The highest BCUT2D eigenvalue weighted by atomic mass is 79.9. The summed E-state index contributed by atoms with van der Waals surface area (Å²) < 4.78 is 16.8. The Morgan fingerprint density at radius 3 is 2.43 bits per heavy atom. The van der Waals surface area contributed by atoms with Crippen molar-refractivity contribution in [1.29, 1.82) is 0 Å². The molecule has 1 fully saturated rings. The Kier molecular flexibility index (Phi) is 3.65. The zero-order valence-corrected chi connectivity index (χ0v) is 13.2. The van der Waals surface area contributed by atoms with Crippen LogP contribution in [-0.2, 0) is 9.53 Å². The molecule has 0 amide bonds. The second kappa shape index (κ2) is 5.33. The highest BCUT2D eigenvalue weighted by molar-refractivity contribution is 9.10. The Bertz CT molecular complexity index is 606. The molecule has 1 aromatic carbocycles. The van der Waals surface area contributed by atoms with E-state index in [1.807, 2.05) is 0 Å². The minimum Gasteiger partial charge on any atom is -0.489 e. The molecule has 1 spiro atoms. The number of Topliss-reactive ketones (excluding diaryl/α,β-unsaturated/α-hetero) is 1. The van der Waals surface area contributed by atoms with Crippen LogP contribution in [0, 0.1) is 5.41 Å². The topological polar surface area (TPSA) is 61.8 Å². The molecule has 1 saturated carbocycles. The molecule has 2 aliphatic rings. The van der Waals surface area contributed by atoms with Crippen molar-refractivity contribution in [2.45, 2.75) is 19.8 Å². The van der Waals surface area contributed by atoms with Crippen molar-refractivity contribution < 1.29 is 23.8 Å². The van der Waals surface area contributed by atoms with Gasteiger partial charge in [-0.1, -0.05) is 0 Å². The lowest BCUT2D eigenvalue weighted by molar-refractivity contribution is -0.137. The molecule has 0 atom stereocenters. The first-order valence-corrected chi connectivity index (χ1v) is 7.64. The zero-order chi connectivity index (χ0) is 15.0. The molecule has 1 heterocycles. The molecule has 1 aliphatic carbocycles. The maximum absolute atomic E-state index is 12.1. The second-order valence-corrected chi connectivity index (χ2v) is 6.26. The fourth-order valence-corrected chi connectivity index (χ4v) is 2.71. The third-order valence-electron chi connectivity index (χ3n) is 3.76. The standard InChI is InChI=1S/C15H15BrO5/c1-2-19-14(18)13(17)9-5-11-12(6-10(9)16)21-8-15(3-4-15)7-20-11/h5-6H,2-4,7-8H2,1H3. The third-order valence-corrected chi connectivity index (χ3v) is 4.42. The van der Waals surface area contributed by atoms with Crippen LogP contribution in [0.25, 0.3) is 0 Å². The quantitative estimate of drug-likeness (QED) is 0.474. The lowest BCUT2D eigenvalue weighted by atomic mass is 10.1. The summed E-state index contributed by atoms with van der Waals surface area (Å²) in [6, 6.07) is 3.21. The van der Waals surface area contributed by atoms with Crippen molar-refractivity contribution in [2.75, 3.05) is 19.8 Å². The number of halogens is 1. The predicted molar refractivity (Wildman–Crippen MR) is 77.8 cm³/mol. The summed E-state index contributed by atoms with van der Waals surface area (Å²) in [5, 5.41) is 0. The van der Waals surface area contributed by atoms with E-state index in [1.165, 1.54) is 0 Å². The van der Waals surface area contributed by atoms with Gasteiger partial charge in [0.05, 0.1) is 19.8 Å². The lowest BCUT2D eigenvalue weighted by Gasteiger charge is -2.10. The summed E-state index contributed by atoms with van der Waals surface area (Å²) >= 11 is 3.30. The molecule has 3 rings (SSSR count). The molecule has 0 bridgehead atoms. The Balaban J connectivity index is 1.88. The number of hydrogen-bond acceptors (Lipinski definition) is 5. The van der Waals surface area contributed by atoms with E-state index < -0.39 is 11.8 Å². The van der Waals surface area contributed by atoms with Crippen LogP contribution in [-0.4, -0.2) is 31.6 Å². The molecule has 0 aromatic heterocycles. The van der Waals surface area contributed by atoms with E-state index in [-0.39, 0.29) is 17.6 Å². The van der Waals surface area contributed by atoms with Crippen LogP contribution in [0.1, 0.15) is 30.1 Å². The fraction of sp³-hybridized carbons (Fsp3) is 0.467. The van der Waals surface area contributed by atoms with Gasteiger partial charge in [-0.2, -0.15) is 0 Å². The van der Waals surface area contributed by atoms with Gasteiger partial charge in [-0.05, 0) is 47.8 Å². The molecule has 6 heteroatoms. The summed E-state index contributed by atoms with van der Waals surface area (Å²) in [4.78, 5) is 23.6. The Morgan fingerprint density at radius 2 is 1.86 bits per heavy atom. The number of carbonyl (C=O) groups excluding carboxylic acids is 2. The van der Waals surface area contributed by atoms with E-state index >= 15 is 0 Å². The predicted octanol–water partition coefficient (Wildman–Crippen LogP) is 2.75. The summed E-state index contributed by atoms with van der Waals surface area (Å²) in [7, 11) is 0. The van der Waals surface area contributed by atoms with Gasteiger partial charge < -0.3 is 14.2 Å². The number of carbonyl (C=O) groups is 2. The maximum Gasteiger partial charge on any atom is 0.379 e. The smallest absolute Gasteiger partial charge is 0.379 e. The van der Waals surface area contributed by atoms with Crippen molar-refractivity contribution in [3.8, 4) is 11.5 Å². The Morgan fingerprint density at radius 1 is 1.24 bits per heavy atom. The van der Waals surface area contributed by atoms with Gasteiger partial charge in [0, 0.05) is 15.5 Å². The van der Waals surface area contributed by atoms with E-state index in [9.17, 15) is 9.59 Å². The molecular formula is C15H15BrO5. The average Bonchev–Trinajstić information content (AvgIpc) is 3.26. The van der Waals surface area contributed by atoms with Crippen molar-refractivity contribution in [1.82, 2.24) is 0 Å². The number of hydrogen-bond donors (Lipinski definition) is 0. The molecule has 112 valence electrons. The zero-order valence-electron chi connectivity index (χ0n) is 11.6. The number of fused-ring (bicyclic) bond motifs is 1. The summed E-state index contributed by atoms with van der Waals surface area (Å²) in [5.41, 5.74) is 0.346. The molecule has 21 heavy (non-hydrogen) atoms. The normalized spacial score (nSPS) is 18.0. The first kappa shape index (κ1) is 14.4. The molecule has 1 aliphatic heterocycles. The minimum absolute atomic E-state index is 0.122. The summed E-state index contributed by atoms with van der Waals surface area (Å²) in [6.07, 6.45) is 2.19. The first-order chi connectivity index (χ1) is 10.0. The van der Waals surface area contributed by atoms with Crippen LogP contribution in [0.3, 0.4) is 0 Å². The van der Waals surface area contributed by atoms with E-state index in [2.05, 4.69) is 15.9 Å². The van der Waals surface area contributed by atoms with Crippen LogP contribution in [0.2, 0.25) is 0 Å². The van der Waals surface area contributed by atoms with Gasteiger partial charge in [0.15, 0.2) is 11.5 Å². The van der Waals surface area contributed by atoms with E-state index in [0.29, 0.717) is 29.2 Å². The minimum atomic E-state index is -0.869. The lowest BCUT2D eigenvalue weighted by Crippen LogP contribution is -2.18. The molecule has 0 saturated heterocycles. The summed E-state index contributed by atoms with van der Waals surface area (Å²) in [6.45, 7) is 3.02. The molecule has 0 unspecified atom stereocenters. The van der Waals surface area contributed by atoms with Gasteiger partial charge in [0.25, 0.3) is 5.78 Å². The molecule has 0 N–H and O–H groups in total. The van der Waals surface area contributed by atoms with Gasteiger partial charge in [-0.25, -0.2) is 4.79 Å². The third kappa shape index (κ3) is 2.77. The van der Waals surface area contributed by atoms with Crippen molar-refractivity contribution in [3.63, 3.8) is 0 Å². The van der Waals surface area contributed by atoms with Gasteiger partial charge in [0.2, 0.25) is 0 Å². The highest BCUT2D eigenvalue weighted by Gasteiger charge is 2.46. The van der Waals surface area contributed by atoms with Gasteiger partial charge >= 0.3 is 5.97 Å². The van der Waals surface area contributed by atoms with Gasteiger partial charge in [-0.15, -0.1) is 0 Å². The number of rotatable bonds is 3. The monoisotopic (exact) mass is 354 g/mol.